The lowest BCUT2D eigenvalue weighted by molar-refractivity contribution is 0.474. The summed E-state index contributed by atoms with van der Waals surface area (Å²) in [5.41, 5.74) is 2.39. The van der Waals surface area contributed by atoms with Gasteiger partial charge in [0, 0.05) is 18.2 Å². The number of anilines is 1. The monoisotopic (exact) mass is 149 g/mol. The van der Waals surface area contributed by atoms with Gasteiger partial charge in [0.1, 0.15) is 5.75 Å². The number of rotatable bonds is 0. The van der Waals surface area contributed by atoms with Crippen molar-refractivity contribution in [2.24, 2.45) is 0 Å². The van der Waals surface area contributed by atoms with Crippen LogP contribution in [0.15, 0.2) is 18.2 Å². The molecular weight excluding hydrogens is 138 g/mol. The van der Waals surface area contributed by atoms with Crippen LogP contribution in [0.4, 0.5) is 5.69 Å². The van der Waals surface area contributed by atoms with E-state index in [0.29, 0.717) is 11.7 Å². The van der Waals surface area contributed by atoms with Gasteiger partial charge in [-0.2, -0.15) is 0 Å². The molecule has 0 aliphatic carbocycles. The van der Waals surface area contributed by atoms with Crippen molar-refractivity contribution < 1.29 is 5.11 Å². The van der Waals surface area contributed by atoms with Crippen molar-refractivity contribution in [2.75, 3.05) is 11.9 Å². The van der Waals surface area contributed by atoms with Crippen LogP contribution in [-0.2, 0) is 0 Å². The molecule has 1 heterocycles. The van der Waals surface area contributed by atoms with Crippen molar-refractivity contribution in [3.63, 3.8) is 0 Å². The lowest BCUT2D eigenvalue weighted by Gasteiger charge is -2.01. The molecule has 1 aliphatic heterocycles. The topological polar surface area (TPSA) is 32.3 Å². The number of aromatic hydroxyl groups is 1. The third-order valence-electron chi connectivity index (χ3n) is 2.16. The number of hydrogen-bond donors (Lipinski definition) is 2. The van der Waals surface area contributed by atoms with E-state index in [2.05, 4.69) is 12.2 Å². The van der Waals surface area contributed by atoms with Gasteiger partial charge in [-0.25, -0.2) is 0 Å². The molecule has 0 fully saturated rings. The predicted molar refractivity (Wildman–Crippen MR) is 45.0 cm³/mol. The molecule has 2 nitrogen and oxygen atoms in total. The molecule has 2 N–H and O–H groups in total. The molecule has 0 spiro atoms. The van der Waals surface area contributed by atoms with Gasteiger partial charge in [0.25, 0.3) is 0 Å². The van der Waals surface area contributed by atoms with E-state index < -0.39 is 0 Å². The number of fused-ring (bicyclic) bond motifs is 1. The molecule has 0 amide bonds. The van der Waals surface area contributed by atoms with E-state index in [9.17, 15) is 5.11 Å². The summed E-state index contributed by atoms with van der Waals surface area (Å²) in [4.78, 5) is 0. The summed E-state index contributed by atoms with van der Waals surface area (Å²) >= 11 is 0. The SMILES string of the molecule is CC1CNc2ccc(O)cc21. The van der Waals surface area contributed by atoms with Crippen LogP contribution in [0.3, 0.4) is 0 Å². The van der Waals surface area contributed by atoms with Crippen molar-refractivity contribution in [3.05, 3.63) is 23.8 Å². The molecule has 2 rings (SSSR count). The average molecular weight is 149 g/mol. The summed E-state index contributed by atoms with van der Waals surface area (Å²) in [5, 5.41) is 12.5. The summed E-state index contributed by atoms with van der Waals surface area (Å²) in [6, 6.07) is 5.47. The van der Waals surface area contributed by atoms with Gasteiger partial charge >= 0.3 is 0 Å². The van der Waals surface area contributed by atoms with Gasteiger partial charge in [-0.3, -0.25) is 0 Å². The summed E-state index contributed by atoms with van der Waals surface area (Å²) in [6.45, 7) is 3.14. The Balaban J connectivity index is 2.52. The van der Waals surface area contributed by atoms with Gasteiger partial charge in [0.05, 0.1) is 0 Å². The van der Waals surface area contributed by atoms with Crippen molar-refractivity contribution >= 4 is 5.69 Å². The van der Waals surface area contributed by atoms with Crippen LogP contribution in [0, 0.1) is 0 Å². The normalized spacial score (nSPS) is 21.0. The van der Waals surface area contributed by atoms with Gasteiger partial charge in [0.2, 0.25) is 0 Å². The van der Waals surface area contributed by atoms with Crippen LogP contribution in [0.25, 0.3) is 0 Å². The zero-order valence-electron chi connectivity index (χ0n) is 6.46. The highest BCUT2D eigenvalue weighted by Gasteiger charge is 2.17. The van der Waals surface area contributed by atoms with Crippen molar-refractivity contribution in [1.29, 1.82) is 0 Å². The Morgan fingerprint density at radius 2 is 2.36 bits per heavy atom. The first kappa shape index (κ1) is 6.53. The van der Waals surface area contributed by atoms with E-state index in [4.69, 9.17) is 0 Å². The smallest absolute Gasteiger partial charge is 0.116 e. The standard InChI is InChI=1S/C9H11NO/c1-6-5-10-9-3-2-7(11)4-8(6)9/h2-4,6,10-11H,5H2,1H3. The number of benzene rings is 1. The summed E-state index contributed by atoms with van der Waals surface area (Å²) < 4.78 is 0. The van der Waals surface area contributed by atoms with Crippen molar-refractivity contribution in [3.8, 4) is 5.75 Å². The lowest BCUT2D eigenvalue weighted by Crippen LogP contribution is -1.95. The molecule has 1 aromatic rings. The van der Waals surface area contributed by atoms with E-state index >= 15 is 0 Å². The fourth-order valence-electron chi connectivity index (χ4n) is 1.49. The second-order valence-corrected chi connectivity index (χ2v) is 3.05. The molecule has 1 atom stereocenters. The number of phenols is 1. The largest absolute Gasteiger partial charge is 0.508 e. The second-order valence-electron chi connectivity index (χ2n) is 3.05. The van der Waals surface area contributed by atoms with Gasteiger partial charge in [-0.1, -0.05) is 6.92 Å². The molecule has 0 saturated carbocycles. The maximum atomic E-state index is 9.19. The first-order valence-corrected chi connectivity index (χ1v) is 3.84. The van der Waals surface area contributed by atoms with Gasteiger partial charge < -0.3 is 10.4 Å². The van der Waals surface area contributed by atoms with E-state index in [1.165, 1.54) is 5.56 Å². The first-order chi connectivity index (χ1) is 5.27. The Kier molecular flexibility index (Phi) is 1.28. The van der Waals surface area contributed by atoms with Crippen LogP contribution in [0.5, 0.6) is 5.75 Å². The molecular formula is C9H11NO. The number of phenolic OH excluding ortho intramolecular Hbond substituents is 1. The molecule has 0 radical (unpaired) electrons. The Morgan fingerprint density at radius 3 is 3.18 bits per heavy atom. The second kappa shape index (κ2) is 2.16. The number of nitrogens with one attached hydrogen (secondary N) is 1. The zero-order valence-corrected chi connectivity index (χ0v) is 6.46. The third-order valence-corrected chi connectivity index (χ3v) is 2.16. The quantitative estimate of drug-likeness (QED) is 0.552. The number of hydrogen-bond acceptors (Lipinski definition) is 2. The Labute approximate surface area is 65.9 Å². The highest BCUT2D eigenvalue weighted by Crippen LogP contribution is 2.33. The fourth-order valence-corrected chi connectivity index (χ4v) is 1.49. The Hall–Kier alpha value is -1.18. The first-order valence-electron chi connectivity index (χ1n) is 3.84. The minimum atomic E-state index is 0.360. The van der Waals surface area contributed by atoms with E-state index in [-0.39, 0.29) is 0 Å². The van der Waals surface area contributed by atoms with Gasteiger partial charge in [-0.05, 0) is 23.8 Å². The van der Waals surface area contributed by atoms with E-state index in [1.54, 1.807) is 6.07 Å². The summed E-state index contributed by atoms with van der Waals surface area (Å²) in [6.07, 6.45) is 0. The molecule has 1 aromatic carbocycles. The molecule has 0 bridgehead atoms. The maximum absolute atomic E-state index is 9.19. The van der Waals surface area contributed by atoms with E-state index in [0.717, 1.165) is 12.2 Å². The molecule has 11 heavy (non-hydrogen) atoms. The minimum absolute atomic E-state index is 0.360. The fraction of sp³-hybridized carbons (Fsp3) is 0.333. The van der Waals surface area contributed by atoms with Crippen molar-refractivity contribution in [2.45, 2.75) is 12.8 Å². The molecule has 0 aromatic heterocycles. The molecule has 1 unspecified atom stereocenters. The highest BCUT2D eigenvalue weighted by atomic mass is 16.3. The molecule has 0 saturated heterocycles. The van der Waals surface area contributed by atoms with Gasteiger partial charge in [-0.15, -0.1) is 0 Å². The van der Waals surface area contributed by atoms with E-state index in [1.807, 2.05) is 12.1 Å². The van der Waals surface area contributed by atoms with Crippen molar-refractivity contribution in [1.82, 2.24) is 0 Å². The Bertz CT molecular complexity index is 283. The van der Waals surface area contributed by atoms with Crippen LogP contribution in [0.2, 0.25) is 0 Å². The van der Waals surface area contributed by atoms with Crippen LogP contribution >= 0.6 is 0 Å². The average Bonchev–Trinajstić information content (AvgIpc) is 2.33. The molecule has 58 valence electrons. The summed E-state index contributed by atoms with van der Waals surface area (Å²) in [5.74, 6) is 0.886. The maximum Gasteiger partial charge on any atom is 0.116 e. The van der Waals surface area contributed by atoms with Gasteiger partial charge in [0.15, 0.2) is 0 Å². The third kappa shape index (κ3) is 0.946. The summed E-state index contributed by atoms with van der Waals surface area (Å²) in [7, 11) is 0. The van der Waals surface area contributed by atoms with Crippen LogP contribution in [0.1, 0.15) is 18.4 Å². The minimum Gasteiger partial charge on any atom is -0.508 e. The van der Waals surface area contributed by atoms with Crippen LogP contribution < -0.4 is 5.32 Å². The Morgan fingerprint density at radius 1 is 1.55 bits per heavy atom. The molecule has 2 heteroatoms. The predicted octanol–water partition coefficient (Wildman–Crippen LogP) is 1.92. The molecule has 1 aliphatic rings. The zero-order chi connectivity index (χ0) is 7.84. The lowest BCUT2D eigenvalue weighted by atomic mass is 10.0. The van der Waals surface area contributed by atoms with Crippen LogP contribution in [-0.4, -0.2) is 11.7 Å². The highest BCUT2D eigenvalue weighted by molar-refractivity contribution is 5.59.